The van der Waals surface area contributed by atoms with Gasteiger partial charge in [0.15, 0.2) is 0 Å². The number of pyridine rings is 1. The zero-order chi connectivity index (χ0) is 14.7. The van der Waals surface area contributed by atoms with Crippen molar-refractivity contribution in [1.29, 1.82) is 5.41 Å². The molecule has 1 aliphatic heterocycles. The van der Waals surface area contributed by atoms with Crippen LogP contribution in [0.3, 0.4) is 0 Å². The second kappa shape index (κ2) is 6.25. The number of nitrogens with one attached hydrogen (secondary N) is 1. The monoisotopic (exact) mass is 274 g/mol. The predicted octanol–water partition coefficient (Wildman–Crippen LogP) is 3.00. The maximum Gasteiger partial charge on any atom is 0.126 e. The molecule has 1 fully saturated rings. The molecule has 0 saturated carbocycles. The van der Waals surface area contributed by atoms with Crippen LogP contribution in [0.5, 0.6) is 0 Å². The number of hydrogen-bond donors (Lipinski definition) is 2. The summed E-state index contributed by atoms with van der Waals surface area (Å²) in [6.07, 6.45) is 5.03. The van der Waals surface area contributed by atoms with Gasteiger partial charge in [-0.1, -0.05) is 13.3 Å². The topological polar surface area (TPSA) is 66.0 Å². The lowest BCUT2D eigenvalue weighted by molar-refractivity contribution is 0.459. The van der Waals surface area contributed by atoms with E-state index in [-0.39, 0.29) is 5.84 Å². The predicted molar refractivity (Wildman–Crippen MR) is 84.6 cm³/mol. The largest absolute Gasteiger partial charge is 0.384 e. The number of amidine groups is 1. The molecule has 3 N–H and O–H groups in total. The van der Waals surface area contributed by atoms with E-state index < -0.39 is 0 Å². The van der Waals surface area contributed by atoms with Gasteiger partial charge in [-0.05, 0) is 45.1 Å². The van der Waals surface area contributed by atoms with Gasteiger partial charge in [0.2, 0.25) is 0 Å². The molecular formula is C16H26N4. The second-order valence-corrected chi connectivity index (χ2v) is 5.85. The zero-order valence-corrected chi connectivity index (χ0v) is 12.9. The second-order valence-electron chi connectivity index (χ2n) is 5.85. The third-order valence-corrected chi connectivity index (χ3v) is 4.34. The minimum Gasteiger partial charge on any atom is -0.384 e. The molecule has 1 aromatic heterocycles. The van der Waals surface area contributed by atoms with E-state index in [0.29, 0.717) is 0 Å². The van der Waals surface area contributed by atoms with E-state index in [1.54, 1.807) is 0 Å². The maximum atomic E-state index is 7.85. The molecule has 20 heavy (non-hydrogen) atoms. The van der Waals surface area contributed by atoms with Crippen LogP contribution in [-0.4, -0.2) is 23.9 Å². The van der Waals surface area contributed by atoms with E-state index in [2.05, 4.69) is 22.9 Å². The number of rotatable bonds is 3. The van der Waals surface area contributed by atoms with Crippen LogP contribution < -0.4 is 10.6 Å². The molecule has 1 unspecified atom stereocenters. The third kappa shape index (κ3) is 3.11. The van der Waals surface area contributed by atoms with E-state index in [9.17, 15) is 0 Å². The number of anilines is 1. The van der Waals surface area contributed by atoms with Crippen LogP contribution in [0.4, 0.5) is 5.69 Å². The summed E-state index contributed by atoms with van der Waals surface area (Å²) in [5, 5.41) is 7.85. The normalized spacial score (nSPS) is 19.8. The lowest BCUT2D eigenvalue weighted by Gasteiger charge is -2.26. The Kier molecular flexibility index (Phi) is 4.63. The van der Waals surface area contributed by atoms with Gasteiger partial charge in [-0.25, -0.2) is 0 Å². The van der Waals surface area contributed by atoms with Crippen molar-refractivity contribution in [2.45, 2.75) is 46.5 Å². The van der Waals surface area contributed by atoms with Gasteiger partial charge in [0.1, 0.15) is 5.84 Å². The molecule has 1 atom stereocenters. The average molecular weight is 274 g/mol. The van der Waals surface area contributed by atoms with Crippen molar-refractivity contribution in [2.24, 2.45) is 11.7 Å². The van der Waals surface area contributed by atoms with Gasteiger partial charge < -0.3 is 10.6 Å². The van der Waals surface area contributed by atoms with Gasteiger partial charge >= 0.3 is 0 Å². The summed E-state index contributed by atoms with van der Waals surface area (Å²) < 4.78 is 0. The van der Waals surface area contributed by atoms with Crippen molar-refractivity contribution in [3.63, 3.8) is 0 Å². The van der Waals surface area contributed by atoms with Crippen molar-refractivity contribution < 1.29 is 0 Å². The fraction of sp³-hybridized carbons (Fsp3) is 0.625. The summed E-state index contributed by atoms with van der Waals surface area (Å²) in [5.41, 5.74) is 9.55. The Morgan fingerprint density at radius 1 is 1.40 bits per heavy atom. The minimum absolute atomic E-state index is 0.126. The molecule has 0 aliphatic carbocycles. The Hall–Kier alpha value is -1.58. The van der Waals surface area contributed by atoms with Gasteiger partial charge in [0.25, 0.3) is 0 Å². The van der Waals surface area contributed by atoms with Crippen molar-refractivity contribution in [2.75, 3.05) is 18.0 Å². The van der Waals surface area contributed by atoms with Crippen molar-refractivity contribution >= 4 is 11.5 Å². The molecule has 2 heterocycles. The first kappa shape index (κ1) is 14.8. The summed E-state index contributed by atoms with van der Waals surface area (Å²) in [6.45, 7) is 8.34. The van der Waals surface area contributed by atoms with Crippen LogP contribution in [0, 0.1) is 25.2 Å². The van der Waals surface area contributed by atoms with Crippen LogP contribution in [0.2, 0.25) is 0 Å². The van der Waals surface area contributed by atoms with Crippen LogP contribution in [-0.2, 0) is 0 Å². The highest BCUT2D eigenvalue weighted by Gasteiger charge is 2.20. The average Bonchev–Trinajstić information content (AvgIpc) is 2.62. The molecule has 1 aliphatic rings. The number of nitrogens with zero attached hydrogens (tertiary/aromatic N) is 2. The maximum absolute atomic E-state index is 7.85. The molecule has 0 bridgehead atoms. The van der Waals surface area contributed by atoms with Crippen LogP contribution in [0.15, 0.2) is 6.07 Å². The molecular weight excluding hydrogens is 248 g/mol. The van der Waals surface area contributed by atoms with Gasteiger partial charge in [0.05, 0.1) is 16.9 Å². The quantitative estimate of drug-likeness (QED) is 0.658. The third-order valence-electron chi connectivity index (χ3n) is 4.34. The first-order valence-electron chi connectivity index (χ1n) is 7.60. The van der Waals surface area contributed by atoms with E-state index in [1.165, 1.54) is 25.7 Å². The Morgan fingerprint density at radius 2 is 2.15 bits per heavy atom. The molecule has 1 aromatic rings. The first-order chi connectivity index (χ1) is 9.52. The molecule has 2 rings (SSSR count). The fourth-order valence-electron chi connectivity index (χ4n) is 3.20. The SMILES string of the molecule is CCC1CCCN(c2cc(C)nc(C)c2C(=N)N)CC1. The van der Waals surface area contributed by atoms with Crippen molar-refractivity contribution in [1.82, 2.24) is 4.98 Å². The Labute approximate surface area is 121 Å². The van der Waals surface area contributed by atoms with Crippen LogP contribution in [0.25, 0.3) is 0 Å². The molecule has 4 nitrogen and oxygen atoms in total. The minimum atomic E-state index is 0.126. The van der Waals surface area contributed by atoms with Crippen LogP contribution in [0.1, 0.15) is 49.6 Å². The van der Waals surface area contributed by atoms with E-state index in [1.807, 2.05) is 13.8 Å². The smallest absolute Gasteiger partial charge is 0.126 e. The highest BCUT2D eigenvalue weighted by atomic mass is 15.1. The fourth-order valence-corrected chi connectivity index (χ4v) is 3.20. The molecule has 110 valence electrons. The van der Waals surface area contributed by atoms with Gasteiger partial charge in [-0.2, -0.15) is 0 Å². The molecule has 1 saturated heterocycles. The van der Waals surface area contributed by atoms with Gasteiger partial charge in [-0.15, -0.1) is 0 Å². The number of aryl methyl sites for hydroxylation is 2. The number of nitrogens with two attached hydrogens (primary N) is 1. The highest BCUT2D eigenvalue weighted by molar-refractivity contribution is 6.01. The lowest BCUT2D eigenvalue weighted by atomic mass is 9.98. The van der Waals surface area contributed by atoms with Gasteiger partial charge in [0, 0.05) is 18.8 Å². The molecule has 0 spiro atoms. The van der Waals surface area contributed by atoms with Gasteiger partial charge in [-0.3, -0.25) is 10.4 Å². The summed E-state index contributed by atoms with van der Waals surface area (Å²) in [5.74, 6) is 0.964. The first-order valence-corrected chi connectivity index (χ1v) is 7.60. The van der Waals surface area contributed by atoms with Crippen LogP contribution >= 0.6 is 0 Å². The molecule has 0 aromatic carbocycles. The Balaban J connectivity index is 2.34. The van der Waals surface area contributed by atoms with Crippen molar-refractivity contribution in [3.8, 4) is 0 Å². The summed E-state index contributed by atoms with van der Waals surface area (Å²) in [4.78, 5) is 6.85. The Morgan fingerprint density at radius 3 is 2.80 bits per heavy atom. The van der Waals surface area contributed by atoms with Crippen molar-refractivity contribution in [3.05, 3.63) is 23.0 Å². The Bertz CT molecular complexity index is 495. The standard InChI is InChI=1S/C16H26N4/c1-4-13-6-5-8-20(9-7-13)14-10-11(2)19-12(3)15(14)16(17)18/h10,13H,4-9H2,1-3H3,(H3,17,18). The van der Waals surface area contributed by atoms with E-state index in [4.69, 9.17) is 11.1 Å². The highest BCUT2D eigenvalue weighted by Crippen LogP contribution is 2.28. The molecule has 4 heteroatoms. The lowest BCUT2D eigenvalue weighted by Crippen LogP contribution is -2.28. The summed E-state index contributed by atoms with van der Waals surface area (Å²) in [6, 6.07) is 2.08. The van der Waals surface area contributed by atoms with E-state index >= 15 is 0 Å². The summed E-state index contributed by atoms with van der Waals surface area (Å²) in [7, 11) is 0. The molecule has 0 amide bonds. The van der Waals surface area contributed by atoms with E-state index in [0.717, 1.165) is 41.6 Å². The number of hydrogen-bond acceptors (Lipinski definition) is 3. The molecule has 0 radical (unpaired) electrons. The zero-order valence-electron chi connectivity index (χ0n) is 12.9. The number of nitrogen functional groups attached to an aromatic ring is 1. The summed E-state index contributed by atoms with van der Waals surface area (Å²) >= 11 is 0. The number of aromatic nitrogens is 1.